The van der Waals surface area contributed by atoms with Gasteiger partial charge < -0.3 is 0 Å². The standard InChI is InChI=1S/C11H13FN2OS/c1-3-8-5-4-6-9-10(8)7-14(11(9)15)13(2)16-12/h4-6H,3,7H2,1-2H3. The molecule has 0 bridgehead atoms. The highest BCUT2D eigenvalue weighted by Gasteiger charge is 2.31. The van der Waals surface area contributed by atoms with Gasteiger partial charge in [0.1, 0.15) is 0 Å². The van der Waals surface area contributed by atoms with Crippen molar-refractivity contribution in [2.24, 2.45) is 0 Å². The van der Waals surface area contributed by atoms with Crippen molar-refractivity contribution in [1.82, 2.24) is 9.42 Å². The fraction of sp³-hybridized carbons (Fsp3) is 0.364. The Morgan fingerprint density at radius 3 is 2.94 bits per heavy atom. The Labute approximate surface area is 98.6 Å². The van der Waals surface area contributed by atoms with E-state index in [2.05, 4.69) is 6.92 Å². The molecule has 1 aromatic rings. The second-order valence-electron chi connectivity index (χ2n) is 3.69. The molecule has 1 aromatic carbocycles. The number of nitrogens with zero attached hydrogens (tertiary/aromatic N) is 2. The molecule has 1 heterocycles. The van der Waals surface area contributed by atoms with Crippen molar-refractivity contribution in [3.63, 3.8) is 0 Å². The SMILES string of the molecule is CCc1cccc2c1CN(N(C)SF)C2=O. The molecule has 2 rings (SSSR count). The van der Waals surface area contributed by atoms with E-state index in [-0.39, 0.29) is 18.2 Å². The summed E-state index contributed by atoms with van der Waals surface area (Å²) in [5, 5.41) is 1.41. The van der Waals surface area contributed by atoms with Crippen molar-refractivity contribution < 1.29 is 8.68 Å². The molecular weight excluding hydrogens is 227 g/mol. The number of amides is 1. The maximum atomic E-state index is 12.5. The molecule has 0 spiro atoms. The topological polar surface area (TPSA) is 23.6 Å². The van der Waals surface area contributed by atoms with Gasteiger partial charge in [0.15, 0.2) is 12.3 Å². The van der Waals surface area contributed by atoms with Gasteiger partial charge in [0.05, 0.1) is 6.54 Å². The number of rotatable bonds is 3. The number of aryl methyl sites for hydroxylation is 1. The van der Waals surface area contributed by atoms with Crippen molar-refractivity contribution >= 4 is 18.2 Å². The van der Waals surface area contributed by atoms with E-state index >= 15 is 0 Å². The third-order valence-electron chi connectivity index (χ3n) is 2.87. The van der Waals surface area contributed by atoms with Crippen LogP contribution in [0, 0.1) is 0 Å². The van der Waals surface area contributed by atoms with E-state index in [9.17, 15) is 8.68 Å². The van der Waals surface area contributed by atoms with E-state index in [4.69, 9.17) is 0 Å². The molecule has 86 valence electrons. The monoisotopic (exact) mass is 240 g/mol. The fourth-order valence-electron chi connectivity index (χ4n) is 1.98. The molecule has 0 saturated heterocycles. The summed E-state index contributed by atoms with van der Waals surface area (Å²) in [6.45, 7) is 2.52. The minimum atomic E-state index is -0.127. The van der Waals surface area contributed by atoms with Crippen molar-refractivity contribution in [3.05, 3.63) is 34.9 Å². The van der Waals surface area contributed by atoms with Gasteiger partial charge in [0, 0.05) is 12.6 Å². The number of halogens is 1. The lowest BCUT2D eigenvalue weighted by Crippen LogP contribution is -2.34. The summed E-state index contributed by atoms with van der Waals surface area (Å²) >= 11 is 0.0483. The van der Waals surface area contributed by atoms with E-state index in [0.717, 1.165) is 17.5 Å². The summed E-state index contributed by atoms with van der Waals surface area (Å²) in [5.74, 6) is -0.127. The zero-order valence-corrected chi connectivity index (χ0v) is 10.1. The largest absolute Gasteiger partial charge is 0.269 e. The summed E-state index contributed by atoms with van der Waals surface area (Å²) in [4.78, 5) is 12.0. The molecule has 0 aromatic heterocycles. The zero-order valence-electron chi connectivity index (χ0n) is 9.24. The summed E-state index contributed by atoms with van der Waals surface area (Å²) in [6.07, 6.45) is 0.886. The van der Waals surface area contributed by atoms with Crippen molar-refractivity contribution in [2.45, 2.75) is 19.9 Å². The molecule has 0 aliphatic carbocycles. The van der Waals surface area contributed by atoms with Crippen LogP contribution in [0.2, 0.25) is 0 Å². The number of hydrazine groups is 1. The lowest BCUT2D eigenvalue weighted by atomic mass is 10.0. The third-order valence-corrected chi connectivity index (χ3v) is 3.26. The average Bonchev–Trinajstić information content (AvgIpc) is 2.66. The highest BCUT2D eigenvalue weighted by molar-refractivity contribution is 7.91. The number of benzene rings is 1. The second-order valence-corrected chi connectivity index (χ2v) is 4.36. The fourth-order valence-corrected chi connectivity index (χ4v) is 2.18. The Morgan fingerprint density at radius 2 is 2.31 bits per heavy atom. The van der Waals surface area contributed by atoms with E-state index in [1.54, 1.807) is 13.1 Å². The van der Waals surface area contributed by atoms with Crippen LogP contribution in [0.25, 0.3) is 0 Å². The minimum Gasteiger partial charge on any atom is -0.268 e. The lowest BCUT2D eigenvalue weighted by Gasteiger charge is -2.22. The first-order valence-electron chi connectivity index (χ1n) is 5.14. The molecule has 5 heteroatoms. The Bertz CT molecular complexity index is 424. The summed E-state index contributed by atoms with van der Waals surface area (Å²) in [7, 11) is 1.54. The Balaban J connectivity index is 2.37. The first-order chi connectivity index (χ1) is 7.69. The van der Waals surface area contributed by atoms with E-state index < -0.39 is 0 Å². The first kappa shape index (κ1) is 11.4. The molecule has 1 aliphatic heterocycles. The highest BCUT2D eigenvalue weighted by Crippen LogP contribution is 2.29. The van der Waals surface area contributed by atoms with Gasteiger partial charge >= 0.3 is 0 Å². The van der Waals surface area contributed by atoms with Crippen molar-refractivity contribution in [2.75, 3.05) is 7.05 Å². The van der Waals surface area contributed by atoms with Crippen LogP contribution >= 0.6 is 12.3 Å². The first-order valence-corrected chi connectivity index (χ1v) is 5.81. The maximum absolute atomic E-state index is 12.5. The highest BCUT2D eigenvalue weighted by atomic mass is 32.2. The molecule has 16 heavy (non-hydrogen) atoms. The smallest absolute Gasteiger partial charge is 0.268 e. The number of carbonyl (C=O) groups excluding carboxylic acids is 1. The Morgan fingerprint density at radius 1 is 1.56 bits per heavy atom. The van der Waals surface area contributed by atoms with E-state index in [0.29, 0.717) is 12.1 Å². The van der Waals surface area contributed by atoms with Crippen LogP contribution in [-0.4, -0.2) is 22.4 Å². The van der Waals surface area contributed by atoms with Gasteiger partial charge in [0.25, 0.3) is 5.91 Å². The zero-order chi connectivity index (χ0) is 11.7. The van der Waals surface area contributed by atoms with Gasteiger partial charge in [-0.05, 0) is 23.6 Å². The maximum Gasteiger partial charge on any atom is 0.269 e. The van der Waals surface area contributed by atoms with E-state index in [1.165, 1.54) is 9.42 Å². The molecular formula is C11H13FN2OS. The van der Waals surface area contributed by atoms with E-state index in [1.807, 2.05) is 12.1 Å². The number of hydrogen-bond donors (Lipinski definition) is 0. The van der Waals surface area contributed by atoms with Crippen LogP contribution in [0.1, 0.15) is 28.4 Å². The van der Waals surface area contributed by atoms with Gasteiger partial charge in [0.2, 0.25) is 0 Å². The van der Waals surface area contributed by atoms with Gasteiger partial charge in [-0.25, -0.2) is 0 Å². The number of hydrogen-bond acceptors (Lipinski definition) is 3. The molecule has 0 radical (unpaired) electrons. The Kier molecular flexibility index (Phi) is 3.16. The van der Waals surface area contributed by atoms with Gasteiger partial charge in [-0.1, -0.05) is 19.1 Å². The quantitative estimate of drug-likeness (QED) is 0.759. The molecule has 1 amide bonds. The predicted octanol–water partition coefficient (Wildman–Crippen LogP) is 2.58. The summed E-state index contributed by atoms with van der Waals surface area (Å²) < 4.78 is 13.7. The molecule has 0 fully saturated rings. The summed E-state index contributed by atoms with van der Waals surface area (Å²) in [5.41, 5.74) is 2.88. The van der Waals surface area contributed by atoms with Crippen LogP contribution in [-0.2, 0) is 13.0 Å². The van der Waals surface area contributed by atoms with Crippen LogP contribution < -0.4 is 0 Å². The number of carbonyl (C=O) groups is 1. The third kappa shape index (κ3) is 1.70. The molecule has 0 N–H and O–H groups in total. The summed E-state index contributed by atoms with van der Waals surface area (Å²) in [6, 6.07) is 5.69. The van der Waals surface area contributed by atoms with Gasteiger partial charge in [-0.2, -0.15) is 0 Å². The van der Waals surface area contributed by atoms with Crippen LogP contribution in [0.15, 0.2) is 18.2 Å². The molecule has 1 aliphatic rings. The van der Waals surface area contributed by atoms with Crippen LogP contribution in [0.3, 0.4) is 0 Å². The lowest BCUT2D eigenvalue weighted by molar-refractivity contribution is 0.0486. The average molecular weight is 240 g/mol. The van der Waals surface area contributed by atoms with Gasteiger partial charge in [-0.3, -0.25) is 9.80 Å². The van der Waals surface area contributed by atoms with Crippen LogP contribution in [0.5, 0.6) is 0 Å². The predicted molar refractivity (Wildman–Crippen MR) is 62.2 cm³/mol. The molecule has 0 saturated carbocycles. The van der Waals surface area contributed by atoms with Crippen LogP contribution in [0.4, 0.5) is 3.89 Å². The minimum absolute atomic E-state index is 0.0483. The number of fused-ring (bicyclic) bond motifs is 1. The normalized spacial score (nSPS) is 14.8. The Hall–Kier alpha value is -1.07. The van der Waals surface area contributed by atoms with Gasteiger partial charge in [-0.15, -0.1) is 8.30 Å². The molecule has 0 unspecified atom stereocenters. The van der Waals surface area contributed by atoms with Crippen molar-refractivity contribution in [3.8, 4) is 0 Å². The van der Waals surface area contributed by atoms with Crippen molar-refractivity contribution in [1.29, 1.82) is 0 Å². The molecule has 3 nitrogen and oxygen atoms in total. The molecule has 0 atom stereocenters. The second kappa shape index (κ2) is 4.43.